The number of rotatable bonds is 6. The molecule has 6 nitrogen and oxygen atoms in total. The number of benzene rings is 2. The van der Waals surface area contributed by atoms with Crippen molar-refractivity contribution < 1.29 is 9.84 Å². The van der Waals surface area contributed by atoms with Crippen molar-refractivity contribution in [2.45, 2.75) is 13.0 Å². The first-order chi connectivity index (χ1) is 12.2. The van der Waals surface area contributed by atoms with E-state index in [1.807, 2.05) is 12.1 Å². The number of hydrogen-bond acceptors (Lipinski definition) is 5. The molecule has 6 heteroatoms. The van der Waals surface area contributed by atoms with Gasteiger partial charge in [0.25, 0.3) is 0 Å². The predicted octanol–water partition coefficient (Wildman–Crippen LogP) is 3.15. The summed E-state index contributed by atoms with van der Waals surface area (Å²) in [5.74, 6) is 0.460. The predicted molar refractivity (Wildman–Crippen MR) is 92.4 cm³/mol. The van der Waals surface area contributed by atoms with Gasteiger partial charge in [0.2, 0.25) is 0 Å². The smallest absolute Gasteiger partial charge is 0.161 e. The number of phenolic OH excluding ortho intramolecular Hbond substituents is 1. The Morgan fingerprint density at radius 2 is 2.16 bits per heavy atom. The van der Waals surface area contributed by atoms with Crippen molar-refractivity contribution >= 4 is 0 Å². The standard InChI is InChI=1S/C19H16N4O2/c1-2-4-14-7-8-19(18(24)10-14)25-13-16-12-23(22-21-16)17-6-3-5-15(9-17)11-20/h2-3,5-10,12,24H,1,4,13H2. The molecule has 0 aliphatic heterocycles. The Hall–Kier alpha value is -3.59. The molecule has 0 spiro atoms. The minimum Gasteiger partial charge on any atom is -0.504 e. The zero-order chi connectivity index (χ0) is 17.6. The quantitative estimate of drug-likeness (QED) is 0.701. The van der Waals surface area contributed by atoms with Crippen molar-refractivity contribution in [2.24, 2.45) is 0 Å². The third kappa shape index (κ3) is 3.85. The summed E-state index contributed by atoms with van der Waals surface area (Å²) in [7, 11) is 0. The highest BCUT2D eigenvalue weighted by Crippen LogP contribution is 2.27. The molecule has 0 fully saturated rings. The van der Waals surface area contributed by atoms with Crippen LogP contribution in [0.15, 0.2) is 61.3 Å². The summed E-state index contributed by atoms with van der Waals surface area (Å²) < 4.78 is 7.18. The summed E-state index contributed by atoms with van der Waals surface area (Å²) in [6.45, 7) is 3.85. The van der Waals surface area contributed by atoms with E-state index < -0.39 is 0 Å². The van der Waals surface area contributed by atoms with Crippen LogP contribution in [-0.4, -0.2) is 20.1 Å². The van der Waals surface area contributed by atoms with Gasteiger partial charge in [-0.15, -0.1) is 11.7 Å². The summed E-state index contributed by atoms with van der Waals surface area (Å²) in [5.41, 5.74) is 2.87. The maximum atomic E-state index is 10.0. The number of aromatic hydroxyl groups is 1. The van der Waals surface area contributed by atoms with E-state index in [1.165, 1.54) is 0 Å². The molecule has 0 amide bonds. The fourth-order valence-corrected chi connectivity index (χ4v) is 2.34. The Balaban J connectivity index is 1.70. The molecule has 2 aromatic carbocycles. The minimum atomic E-state index is 0.0773. The van der Waals surface area contributed by atoms with Gasteiger partial charge in [0.15, 0.2) is 11.5 Å². The van der Waals surface area contributed by atoms with Crippen LogP contribution in [0.4, 0.5) is 0 Å². The van der Waals surface area contributed by atoms with Crippen LogP contribution in [0.5, 0.6) is 11.5 Å². The second-order valence-electron chi connectivity index (χ2n) is 5.40. The average molecular weight is 332 g/mol. The van der Waals surface area contributed by atoms with Gasteiger partial charge >= 0.3 is 0 Å². The second-order valence-corrected chi connectivity index (χ2v) is 5.40. The molecular weight excluding hydrogens is 316 g/mol. The molecular formula is C19H16N4O2. The molecule has 0 saturated carbocycles. The van der Waals surface area contributed by atoms with E-state index >= 15 is 0 Å². The molecule has 25 heavy (non-hydrogen) atoms. The first-order valence-corrected chi connectivity index (χ1v) is 7.67. The highest BCUT2D eigenvalue weighted by Gasteiger charge is 2.07. The van der Waals surface area contributed by atoms with Gasteiger partial charge in [0.05, 0.1) is 23.5 Å². The van der Waals surface area contributed by atoms with Crippen molar-refractivity contribution in [1.29, 1.82) is 5.26 Å². The van der Waals surface area contributed by atoms with Gasteiger partial charge in [-0.3, -0.25) is 0 Å². The second kappa shape index (κ2) is 7.32. The fourth-order valence-electron chi connectivity index (χ4n) is 2.34. The zero-order valence-corrected chi connectivity index (χ0v) is 13.5. The van der Waals surface area contributed by atoms with Gasteiger partial charge in [0, 0.05) is 0 Å². The van der Waals surface area contributed by atoms with E-state index in [0.717, 1.165) is 11.3 Å². The third-order valence-electron chi connectivity index (χ3n) is 3.56. The summed E-state index contributed by atoms with van der Waals surface area (Å²) >= 11 is 0. The SMILES string of the molecule is C=CCc1ccc(OCc2cn(-c3cccc(C#N)c3)nn2)c(O)c1. The lowest BCUT2D eigenvalue weighted by Gasteiger charge is -2.07. The minimum absolute atomic E-state index is 0.0773. The highest BCUT2D eigenvalue weighted by molar-refractivity contribution is 5.42. The van der Waals surface area contributed by atoms with E-state index in [9.17, 15) is 5.11 Å². The van der Waals surface area contributed by atoms with Crippen LogP contribution in [0, 0.1) is 11.3 Å². The molecule has 124 valence electrons. The van der Waals surface area contributed by atoms with E-state index in [2.05, 4.69) is 23.0 Å². The van der Waals surface area contributed by atoms with Crippen molar-refractivity contribution in [2.75, 3.05) is 0 Å². The molecule has 0 aliphatic carbocycles. The van der Waals surface area contributed by atoms with E-state index in [-0.39, 0.29) is 12.4 Å². The van der Waals surface area contributed by atoms with Crippen LogP contribution in [0.25, 0.3) is 5.69 Å². The Morgan fingerprint density at radius 1 is 1.28 bits per heavy atom. The van der Waals surface area contributed by atoms with Gasteiger partial charge in [-0.2, -0.15) is 5.26 Å². The van der Waals surface area contributed by atoms with E-state index in [4.69, 9.17) is 10.00 Å². The molecule has 0 radical (unpaired) electrons. The number of ether oxygens (including phenoxy) is 1. The van der Waals surface area contributed by atoms with Gasteiger partial charge < -0.3 is 9.84 Å². The van der Waals surface area contributed by atoms with Crippen LogP contribution >= 0.6 is 0 Å². The van der Waals surface area contributed by atoms with Gasteiger partial charge in [0.1, 0.15) is 12.3 Å². The summed E-state index contributed by atoms with van der Waals surface area (Å²) in [5, 5.41) is 27.1. The summed E-state index contributed by atoms with van der Waals surface area (Å²) in [4.78, 5) is 0. The molecule has 3 aromatic rings. The van der Waals surface area contributed by atoms with Crippen LogP contribution < -0.4 is 4.74 Å². The fraction of sp³-hybridized carbons (Fsp3) is 0.105. The summed E-state index contributed by atoms with van der Waals surface area (Å²) in [6, 6.07) is 14.4. The topological polar surface area (TPSA) is 84.0 Å². The van der Waals surface area contributed by atoms with Crippen molar-refractivity contribution in [3.05, 3.63) is 78.1 Å². The molecule has 1 heterocycles. The number of nitriles is 1. The largest absolute Gasteiger partial charge is 0.504 e. The zero-order valence-electron chi connectivity index (χ0n) is 13.5. The molecule has 1 N–H and O–H groups in total. The number of allylic oxidation sites excluding steroid dienone is 1. The number of aromatic nitrogens is 3. The van der Waals surface area contributed by atoms with Gasteiger partial charge in [-0.25, -0.2) is 4.68 Å². The normalized spacial score (nSPS) is 10.2. The molecule has 0 bridgehead atoms. The summed E-state index contributed by atoms with van der Waals surface area (Å²) in [6.07, 6.45) is 4.18. The third-order valence-corrected chi connectivity index (χ3v) is 3.56. The van der Waals surface area contributed by atoms with Gasteiger partial charge in [-0.05, 0) is 42.3 Å². The molecule has 3 rings (SSSR count). The molecule has 0 aliphatic rings. The van der Waals surface area contributed by atoms with E-state index in [0.29, 0.717) is 23.4 Å². The number of phenols is 1. The Labute approximate surface area is 145 Å². The number of hydrogen-bond donors (Lipinski definition) is 1. The highest BCUT2D eigenvalue weighted by atomic mass is 16.5. The van der Waals surface area contributed by atoms with Crippen molar-refractivity contribution in [3.8, 4) is 23.3 Å². The van der Waals surface area contributed by atoms with E-state index in [1.54, 1.807) is 47.3 Å². The van der Waals surface area contributed by atoms with Crippen LogP contribution in [-0.2, 0) is 13.0 Å². The Morgan fingerprint density at radius 3 is 2.92 bits per heavy atom. The number of nitrogens with zero attached hydrogens (tertiary/aromatic N) is 4. The monoisotopic (exact) mass is 332 g/mol. The van der Waals surface area contributed by atoms with Crippen molar-refractivity contribution in [1.82, 2.24) is 15.0 Å². The van der Waals surface area contributed by atoms with Crippen LogP contribution in [0.1, 0.15) is 16.8 Å². The van der Waals surface area contributed by atoms with Crippen LogP contribution in [0.3, 0.4) is 0 Å². The average Bonchev–Trinajstić information content (AvgIpc) is 3.10. The Kier molecular flexibility index (Phi) is 4.77. The van der Waals surface area contributed by atoms with Crippen molar-refractivity contribution in [3.63, 3.8) is 0 Å². The Bertz CT molecular complexity index is 941. The first-order valence-electron chi connectivity index (χ1n) is 7.67. The molecule has 0 unspecified atom stereocenters. The molecule has 0 atom stereocenters. The first kappa shape index (κ1) is 16.3. The molecule has 0 saturated heterocycles. The lowest BCUT2D eigenvalue weighted by molar-refractivity contribution is 0.284. The maximum absolute atomic E-state index is 10.0. The lowest BCUT2D eigenvalue weighted by Crippen LogP contribution is -1.97. The lowest BCUT2D eigenvalue weighted by atomic mass is 10.1. The maximum Gasteiger partial charge on any atom is 0.161 e. The van der Waals surface area contributed by atoms with Crippen LogP contribution in [0.2, 0.25) is 0 Å². The molecule has 1 aromatic heterocycles. The van der Waals surface area contributed by atoms with Gasteiger partial charge in [-0.1, -0.05) is 23.4 Å².